The molecule has 0 aromatic carbocycles. The fourth-order valence-corrected chi connectivity index (χ4v) is 2.21. The van der Waals surface area contributed by atoms with Crippen LogP contribution in [0.2, 0.25) is 0 Å². The zero-order valence-corrected chi connectivity index (χ0v) is 11.1. The van der Waals surface area contributed by atoms with Gasteiger partial charge >= 0.3 is 12.3 Å². The van der Waals surface area contributed by atoms with Gasteiger partial charge in [0, 0.05) is 6.20 Å². The molecule has 0 aliphatic carbocycles. The third-order valence-electron chi connectivity index (χ3n) is 3.00. The lowest BCUT2D eigenvalue weighted by Gasteiger charge is -2.36. The largest absolute Gasteiger partial charge is 0.446 e. The van der Waals surface area contributed by atoms with Gasteiger partial charge in [0.1, 0.15) is 6.04 Å². The molecule has 0 spiro atoms. The molecule has 1 amide bonds. The van der Waals surface area contributed by atoms with Gasteiger partial charge in [-0.1, -0.05) is 0 Å². The van der Waals surface area contributed by atoms with Crippen LogP contribution in [0.3, 0.4) is 0 Å². The van der Waals surface area contributed by atoms with Crippen molar-refractivity contribution in [3.05, 3.63) is 24.0 Å². The number of anilines is 1. The Bertz CT molecular complexity index is 503. The molecule has 0 bridgehead atoms. The quantitative estimate of drug-likeness (QED) is 0.796. The van der Waals surface area contributed by atoms with E-state index in [2.05, 4.69) is 4.98 Å². The number of amides is 1. The Balaban J connectivity index is 2.41. The summed E-state index contributed by atoms with van der Waals surface area (Å²) in [6.45, 7) is 3.18. The number of carbonyl (C=O) groups excluding carboxylic acids is 1. The lowest BCUT2D eigenvalue weighted by Crippen LogP contribution is -2.52. The minimum atomic E-state index is -4.50. The third kappa shape index (κ3) is 2.86. The van der Waals surface area contributed by atoms with Crippen molar-refractivity contribution in [2.24, 2.45) is 0 Å². The molecule has 1 aliphatic rings. The van der Waals surface area contributed by atoms with Crippen molar-refractivity contribution in [1.29, 1.82) is 0 Å². The Kier molecular flexibility index (Phi) is 3.87. The van der Waals surface area contributed by atoms with E-state index >= 15 is 0 Å². The molecule has 7 heteroatoms. The summed E-state index contributed by atoms with van der Waals surface area (Å²) < 4.78 is 44.3. The highest BCUT2D eigenvalue weighted by molar-refractivity contribution is 5.89. The van der Waals surface area contributed by atoms with Crippen molar-refractivity contribution >= 4 is 11.8 Å². The molecule has 1 aliphatic heterocycles. The average Bonchev–Trinajstić information content (AvgIpc) is 2.35. The maximum absolute atomic E-state index is 13.1. The molecule has 0 fully saturated rings. The number of hydrogen-bond donors (Lipinski definition) is 0. The Hall–Kier alpha value is -1.79. The molecule has 1 aromatic rings. The maximum Gasteiger partial charge on any atom is 0.415 e. The van der Waals surface area contributed by atoms with Crippen LogP contribution in [-0.2, 0) is 11.2 Å². The fraction of sp³-hybridized carbons (Fsp3) is 0.538. The van der Waals surface area contributed by atoms with Crippen molar-refractivity contribution in [3.8, 4) is 0 Å². The van der Waals surface area contributed by atoms with E-state index in [9.17, 15) is 18.0 Å². The SMILES string of the molecule is CC(C)OC(=O)N1c2cccnc2CCC1C(F)(F)F. The molecule has 20 heavy (non-hydrogen) atoms. The topological polar surface area (TPSA) is 42.4 Å². The smallest absolute Gasteiger partial charge is 0.415 e. The Labute approximate surface area is 114 Å². The number of fused-ring (bicyclic) bond motifs is 1. The molecular formula is C13H15F3N2O2. The van der Waals surface area contributed by atoms with Gasteiger partial charge in [0.25, 0.3) is 0 Å². The maximum atomic E-state index is 13.1. The third-order valence-corrected chi connectivity index (χ3v) is 3.00. The highest BCUT2D eigenvalue weighted by Gasteiger charge is 2.49. The van der Waals surface area contributed by atoms with Crippen LogP contribution in [0.5, 0.6) is 0 Å². The molecule has 2 rings (SSSR count). The minimum Gasteiger partial charge on any atom is -0.446 e. The van der Waals surface area contributed by atoms with Gasteiger partial charge in [0.05, 0.1) is 17.5 Å². The summed E-state index contributed by atoms with van der Waals surface area (Å²) in [5, 5.41) is 0. The van der Waals surface area contributed by atoms with E-state index in [1.165, 1.54) is 18.3 Å². The van der Waals surface area contributed by atoms with Crippen LogP contribution in [0.4, 0.5) is 23.7 Å². The molecule has 2 heterocycles. The molecule has 0 N–H and O–H groups in total. The first-order valence-electron chi connectivity index (χ1n) is 6.31. The van der Waals surface area contributed by atoms with Crippen LogP contribution in [0.1, 0.15) is 26.0 Å². The number of carbonyl (C=O) groups is 1. The van der Waals surface area contributed by atoms with Crippen molar-refractivity contribution in [1.82, 2.24) is 4.98 Å². The summed E-state index contributed by atoms with van der Waals surface area (Å²) in [7, 11) is 0. The first-order valence-corrected chi connectivity index (χ1v) is 6.31. The summed E-state index contributed by atoms with van der Waals surface area (Å²) in [5.41, 5.74) is 0.653. The van der Waals surface area contributed by atoms with Gasteiger partial charge in [-0.2, -0.15) is 13.2 Å². The normalized spacial score (nSPS) is 18.9. The molecule has 0 saturated heterocycles. The molecule has 1 atom stereocenters. The van der Waals surface area contributed by atoms with Gasteiger partial charge < -0.3 is 4.74 Å². The van der Waals surface area contributed by atoms with Crippen LogP contribution in [0.15, 0.2) is 18.3 Å². The zero-order chi connectivity index (χ0) is 14.9. The number of aryl methyl sites for hydroxylation is 1. The summed E-state index contributed by atoms with van der Waals surface area (Å²) in [6.07, 6.45) is -4.50. The second-order valence-corrected chi connectivity index (χ2v) is 4.87. The number of rotatable bonds is 1. The monoisotopic (exact) mass is 288 g/mol. The van der Waals surface area contributed by atoms with Gasteiger partial charge in [0.2, 0.25) is 0 Å². The number of ether oxygens (including phenoxy) is 1. The van der Waals surface area contributed by atoms with E-state index in [0.717, 1.165) is 0 Å². The van der Waals surface area contributed by atoms with Gasteiger partial charge in [-0.05, 0) is 38.8 Å². The lowest BCUT2D eigenvalue weighted by atomic mass is 10.00. The van der Waals surface area contributed by atoms with E-state index in [0.29, 0.717) is 10.6 Å². The number of aromatic nitrogens is 1. The Morgan fingerprint density at radius 3 is 2.80 bits per heavy atom. The predicted octanol–water partition coefficient (Wildman–Crippen LogP) is 3.31. The lowest BCUT2D eigenvalue weighted by molar-refractivity contribution is -0.150. The van der Waals surface area contributed by atoms with Crippen LogP contribution in [-0.4, -0.2) is 29.4 Å². The summed E-state index contributed by atoms with van der Waals surface area (Å²) in [6, 6.07) is 1.10. The van der Waals surface area contributed by atoms with Crippen molar-refractivity contribution in [3.63, 3.8) is 0 Å². The van der Waals surface area contributed by atoms with Gasteiger partial charge in [-0.25, -0.2) is 4.79 Å². The van der Waals surface area contributed by atoms with Gasteiger partial charge in [-0.3, -0.25) is 9.88 Å². The van der Waals surface area contributed by atoms with E-state index in [4.69, 9.17) is 4.74 Å². The highest BCUT2D eigenvalue weighted by Crippen LogP contribution is 2.37. The van der Waals surface area contributed by atoms with E-state index in [-0.39, 0.29) is 18.5 Å². The van der Waals surface area contributed by atoms with Crippen LogP contribution < -0.4 is 4.90 Å². The zero-order valence-electron chi connectivity index (χ0n) is 11.1. The summed E-state index contributed by atoms with van der Waals surface area (Å²) in [4.78, 5) is 16.7. The first-order chi connectivity index (χ1) is 9.30. The highest BCUT2D eigenvalue weighted by atomic mass is 19.4. The van der Waals surface area contributed by atoms with Crippen molar-refractivity contribution < 1.29 is 22.7 Å². The fourth-order valence-electron chi connectivity index (χ4n) is 2.21. The Morgan fingerprint density at radius 2 is 2.20 bits per heavy atom. The predicted molar refractivity (Wildman–Crippen MR) is 66.5 cm³/mol. The van der Waals surface area contributed by atoms with Crippen LogP contribution in [0, 0.1) is 0 Å². The second kappa shape index (κ2) is 5.30. The van der Waals surface area contributed by atoms with Crippen LogP contribution >= 0.6 is 0 Å². The number of nitrogens with zero attached hydrogens (tertiary/aromatic N) is 2. The number of pyridine rings is 1. The molecule has 1 unspecified atom stereocenters. The molecule has 110 valence electrons. The van der Waals surface area contributed by atoms with Crippen molar-refractivity contribution in [2.45, 2.75) is 45.0 Å². The van der Waals surface area contributed by atoms with E-state index in [1.807, 2.05) is 0 Å². The molecule has 0 radical (unpaired) electrons. The standard InChI is InChI=1S/C13H15F3N2O2/c1-8(2)20-12(19)18-10-4-3-7-17-9(10)5-6-11(18)13(14,15)16/h3-4,7-8,11H,5-6H2,1-2H3. The number of halogens is 3. The molecular weight excluding hydrogens is 273 g/mol. The Morgan fingerprint density at radius 1 is 1.50 bits per heavy atom. The van der Waals surface area contributed by atoms with Crippen molar-refractivity contribution in [2.75, 3.05) is 4.90 Å². The van der Waals surface area contributed by atoms with E-state index < -0.39 is 24.4 Å². The van der Waals surface area contributed by atoms with Crippen LogP contribution in [0.25, 0.3) is 0 Å². The molecule has 0 saturated carbocycles. The molecule has 1 aromatic heterocycles. The summed E-state index contributed by atoms with van der Waals surface area (Å²) >= 11 is 0. The average molecular weight is 288 g/mol. The second-order valence-electron chi connectivity index (χ2n) is 4.87. The van der Waals surface area contributed by atoms with Gasteiger partial charge in [0.15, 0.2) is 0 Å². The number of alkyl halides is 3. The van der Waals surface area contributed by atoms with Gasteiger partial charge in [-0.15, -0.1) is 0 Å². The summed E-state index contributed by atoms with van der Waals surface area (Å²) in [5.74, 6) is 0. The molecule has 4 nitrogen and oxygen atoms in total. The van der Waals surface area contributed by atoms with E-state index in [1.54, 1.807) is 13.8 Å². The first kappa shape index (κ1) is 14.6. The number of hydrogen-bond acceptors (Lipinski definition) is 3. The minimum absolute atomic E-state index is 0.173.